The van der Waals surface area contributed by atoms with Gasteiger partial charge < -0.3 is 4.74 Å². The molecule has 0 bridgehead atoms. The summed E-state index contributed by atoms with van der Waals surface area (Å²) in [5, 5.41) is 0. The lowest BCUT2D eigenvalue weighted by Crippen LogP contribution is -1.88. The number of carbonyl (C=O) groups is 1. The van der Waals surface area contributed by atoms with E-state index in [1.807, 2.05) is 0 Å². The predicted molar refractivity (Wildman–Crippen MR) is 43.1 cm³/mol. The molecule has 2 nitrogen and oxygen atoms in total. The summed E-state index contributed by atoms with van der Waals surface area (Å²) < 4.78 is 25.4. The molecule has 1 aromatic carbocycles. The fourth-order valence-electron chi connectivity index (χ4n) is 0.860. The van der Waals surface area contributed by atoms with Gasteiger partial charge in [0, 0.05) is 5.56 Å². The average Bonchev–Trinajstić information content (AvgIpc) is 2.06. The van der Waals surface area contributed by atoms with Crippen LogP contribution in [0.5, 0.6) is 5.75 Å². The number of aldehydes is 1. The molecule has 58 valence electrons. The summed E-state index contributed by atoms with van der Waals surface area (Å²) in [4.78, 5) is 10.4. The highest BCUT2D eigenvalue weighted by Gasteiger charge is 1.97. The van der Waals surface area contributed by atoms with Gasteiger partial charge in [0.1, 0.15) is 12.0 Å². The van der Waals surface area contributed by atoms with Crippen molar-refractivity contribution in [3.8, 4) is 5.75 Å². The molecule has 0 aliphatic carbocycles. The van der Waals surface area contributed by atoms with Crippen LogP contribution in [0.25, 0.3) is 0 Å². The molecule has 0 radical (unpaired) electrons. The number of methoxy groups -OCH3 is 1. The number of hydrogen-bond donors (Lipinski definition) is 0. The molecule has 1 aromatic rings. The second kappa shape index (κ2) is 3.19. The van der Waals surface area contributed by atoms with Gasteiger partial charge in [0.25, 0.3) is 0 Å². The maximum atomic E-state index is 10.4. The fraction of sp³-hybridized carbons (Fsp3) is 0.222. The molecule has 0 aliphatic rings. The molecule has 0 aliphatic heterocycles. The number of aryl methyl sites for hydroxylation is 1. The van der Waals surface area contributed by atoms with Gasteiger partial charge in [0.15, 0.2) is 0 Å². The molecular weight excluding hydrogens is 140 g/mol. The van der Waals surface area contributed by atoms with Crippen LogP contribution >= 0.6 is 0 Å². The van der Waals surface area contributed by atoms with Gasteiger partial charge in [0.2, 0.25) is 0 Å². The van der Waals surface area contributed by atoms with Gasteiger partial charge in [-0.1, -0.05) is 0 Å². The summed E-state index contributed by atoms with van der Waals surface area (Å²) >= 11 is 0. The molecule has 0 amide bonds. The van der Waals surface area contributed by atoms with E-state index in [9.17, 15) is 4.79 Å². The van der Waals surface area contributed by atoms with Crippen molar-refractivity contribution in [1.82, 2.24) is 0 Å². The monoisotopic (exact) mass is 153 g/mol. The van der Waals surface area contributed by atoms with E-state index < -0.39 is 7.04 Å². The smallest absolute Gasteiger partial charge is 0.150 e. The molecule has 0 N–H and O–H groups in total. The zero-order valence-electron chi connectivity index (χ0n) is 9.13. The number of ether oxygens (including phenoxy) is 1. The third kappa shape index (κ3) is 1.58. The lowest BCUT2D eigenvalue weighted by atomic mass is 10.1. The minimum absolute atomic E-state index is 0.274. The Morgan fingerprint density at radius 3 is 3.00 bits per heavy atom. The van der Waals surface area contributed by atoms with Crippen LogP contribution in [0.1, 0.15) is 20.0 Å². The first-order valence-electron chi connectivity index (χ1n) is 4.67. The molecule has 0 fully saturated rings. The van der Waals surface area contributed by atoms with Gasteiger partial charge in [-0.05, 0) is 30.7 Å². The largest absolute Gasteiger partial charge is 0.496 e. The molecule has 0 saturated heterocycles. The highest BCUT2D eigenvalue weighted by atomic mass is 16.5. The van der Waals surface area contributed by atoms with Gasteiger partial charge in [-0.3, -0.25) is 4.79 Å². The molecule has 0 spiro atoms. The molecule has 0 heterocycles. The van der Waals surface area contributed by atoms with E-state index in [0.717, 1.165) is 0 Å². The predicted octanol–water partition coefficient (Wildman–Crippen LogP) is 1.82. The summed E-state index contributed by atoms with van der Waals surface area (Å²) in [7, 11) is -2.45. The fourth-order valence-corrected chi connectivity index (χ4v) is 0.860. The van der Waals surface area contributed by atoms with Crippen LogP contribution in [-0.4, -0.2) is 13.3 Å². The lowest BCUT2D eigenvalue weighted by Gasteiger charge is -2.03. The van der Waals surface area contributed by atoms with Crippen molar-refractivity contribution in [3.05, 3.63) is 29.3 Å². The van der Waals surface area contributed by atoms with E-state index >= 15 is 0 Å². The SMILES string of the molecule is [2H]C([2H])([2H])Oc1ccc(C=O)cc1C. The first kappa shape index (κ1) is 4.54. The van der Waals surface area contributed by atoms with Crippen molar-refractivity contribution in [3.63, 3.8) is 0 Å². The Morgan fingerprint density at radius 1 is 1.64 bits per heavy atom. The van der Waals surface area contributed by atoms with Crippen LogP contribution in [0, 0.1) is 6.92 Å². The number of benzene rings is 1. The molecule has 0 aromatic heterocycles. The zero-order valence-corrected chi connectivity index (χ0v) is 6.13. The third-order valence-electron chi connectivity index (χ3n) is 1.45. The van der Waals surface area contributed by atoms with Crippen LogP contribution in [-0.2, 0) is 0 Å². The van der Waals surface area contributed by atoms with Gasteiger partial charge in [0.05, 0.1) is 11.2 Å². The average molecular weight is 153 g/mol. The Morgan fingerprint density at radius 2 is 2.45 bits per heavy atom. The van der Waals surface area contributed by atoms with Crippen LogP contribution in [0.15, 0.2) is 18.2 Å². The number of carbonyl (C=O) groups excluding carboxylic acids is 1. The number of rotatable bonds is 2. The lowest BCUT2D eigenvalue weighted by molar-refractivity contribution is 0.112. The normalized spacial score (nSPS) is 14.5. The second-order valence-corrected chi connectivity index (χ2v) is 2.24. The van der Waals surface area contributed by atoms with Crippen LogP contribution < -0.4 is 4.74 Å². The Bertz CT molecular complexity index is 344. The van der Waals surface area contributed by atoms with E-state index in [1.54, 1.807) is 13.0 Å². The van der Waals surface area contributed by atoms with Crippen molar-refractivity contribution in [2.24, 2.45) is 0 Å². The van der Waals surface area contributed by atoms with Crippen molar-refractivity contribution in [2.75, 3.05) is 7.04 Å². The molecule has 1 rings (SSSR count). The zero-order chi connectivity index (χ0) is 10.8. The van der Waals surface area contributed by atoms with Gasteiger partial charge in [-0.15, -0.1) is 0 Å². The topological polar surface area (TPSA) is 26.3 Å². The molecule has 2 heteroatoms. The second-order valence-electron chi connectivity index (χ2n) is 2.24. The molecular formula is C9H10O2. The molecule has 0 unspecified atom stereocenters. The van der Waals surface area contributed by atoms with Crippen molar-refractivity contribution >= 4 is 6.29 Å². The van der Waals surface area contributed by atoms with E-state index in [2.05, 4.69) is 0 Å². The highest BCUT2D eigenvalue weighted by molar-refractivity contribution is 5.75. The van der Waals surface area contributed by atoms with Gasteiger partial charge in [-0.25, -0.2) is 0 Å². The first-order chi connectivity index (χ1) is 6.42. The van der Waals surface area contributed by atoms with Crippen molar-refractivity contribution < 1.29 is 13.6 Å². The van der Waals surface area contributed by atoms with E-state index in [-0.39, 0.29) is 5.75 Å². The van der Waals surface area contributed by atoms with Crippen molar-refractivity contribution in [1.29, 1.82) is 0 Å². The summed E-state index contributed by atoms with van der Waals surface area (Å²) in [6.45, 7) is 1.69. The highest BCUT2D eigenvalue weighted by Crippen LogP contribution is 2.17. The van der Waals surface area contributed by atoms with Gasteiger partial charge in [-0.2, -0.15) is 0 Å². The first-order valence-corrected chi connectivity index (χ1v) is 3.17. The summed E-state index contributed by atoms with van der Waals surface area (Å²) in [6, 6.07) is 4.57. The molecule has 11 heavy (non-hydrogen) atoms. The van der Waals surface area contributed by atoms with Crippen LogP contribution in [0.2, 0.25) is 0 Å². The Kier molecular flexibility index (Phi) is 1.32. The standard InChI is InChI=1S/C9H10O2/c1-7-5-8(6-10)3-4-9(7)11-2/h3-6H,1-2H3/i2D3. The summed E-state index contributed by atoms with van der Waals surface area (Å²) in [5.74, 6) is 0.274. The maximum absolute atomic E-state index is 10.4. The van der Waals surface area contributed by atoms with Crippen molar-refractivity contribution in [2.45, 2.75) is 6.92 Å². The minimum Gasteiger partial charge on any atom is -0.496 e. The molecule has 0 atom stereocenters. The van der Waals surface area contributed by atoms with E-state index in [1.165, 1.54) is 12.1 Å². The van der Waals surface area contributed by atoms with Gasteiger partial charge >= 0.3 is 0 Å². The summed E-state index contributed by atoms with van der Waals surface area (Å²) in [5.41, 5.74) is 1.13. The summed E-state index contributed by atoms with van der Waals surface area (Å²) in [6.07, 6.45) is 0.701. The third-order valence-corrected chi connectivity index (χ3v) is 1.45. The van der Waals surface area contributed by atoms with E-state index in [4.69, 9.17) is 8.85 Å². The van der Waals surface area contributed by atoms with Crippen LogP contribution in [0.3, 0.4) is 0 Å². The van der Waals surface area contributed by atoms with Crippen LogP contribution in [0.4, 0.5) is 0 Å². The molecule has 0 saturated carbocycles. The Balaban J connectivity index is 2.95. The quantitative estimate of drug-likeness (QED) is 0.606. The Hall–Kier alpha value is -1.31. The van der Waals surface area contributed by atoms with E-state index in [0.29, 0.717) is 17.4 Å². The number of hydrogen-bond acceptors (Lipinski definition) is 2. The maximum Gasteiger partial charge on any atom is 0.150 e. The Labute approximate surface area is 70.0 Å². The minimum atomic E-state index is -2.45.